The second-order valence-corrected chi connectivity index (χ2v) is 7.18. The Morgan fingerprint density at radius 1 is 1.50 bits per heavy atom. The van der Waals surface area contributed by atoms with Gasteiger partial charge < -0.3 is 14.6 Å². The quantitative estimate of drug-likeness (QED) is 0.119. The summed E-state index contributed by atoms with van der Waals surface area (Å²) < 4.78 is 10.7. The zero-order valence-corrected chi connectivity index (χ0v) is 14.4. The van der Waals surface area contributed by atoms with Crippen molar-refractivity contribution in [3.05, 3.63) is 36.6 Å². The molecular formula is C15H24NO4S2+. The third-order valence-electron chi connectivity index (χ3n) is 2.96. The number of hydrogen-bond acceptors (Lipinski definition) is 6. The van der Waals surface area contributed by atoms with Gasteiger partial charge in [0, 0.05) is 17.7 Å². The number of carbonyl (C=O) groups excluding carboxylic acids is 1. The Morgan fingerprint density at radius 3 is 3.00 bits per heavy atom. The van der Waals surface area contributed by atoms with Crippen LogP contribution in [0.25, 0.3) is 0 Å². The molecule has 0 aliphatic carbocycles. The largest absolute Gasteiger partial charge is 0.450 e. The maximum Gasteiger partial charge on any atom is 0.334 e. The van der Waals surface area contributed by atoms with Crippen molar-refractivity contribution in [1.82, 2.24) is 0 Å². The highest BCUT2D eigenvalue weighted by Crippen LogP contribution is 2.21. The van der Waals surface area contributed by atoms with Crippen molar-refractivity contribution >= 4 is 27.6 Å². The van der Waals surface area contributed by atoms with Crippen molar-refractivity contribution in [1.29, 1.82) is 0 Å². The molecule has 2 atom stereocenters. The average Bonchev–Trinajstić information content (AvgIpc) is 2.99. The summed E-state index contributed by atoms with van der Waals surface area (Å²) in [6.07, 6.45) is 8.99. The van der Waals surface area contributed by atoms with Crippen LogP contribution in [0.3, 0.4) is 0 Å². The van der Waals surface area contributed by atoms with Gasteiger partial charge in [0.1, 0.15) is 5.94 Å². The molecule has 0 bridgehead atoms. The highest BCUT2D eigenvalue weighted by atomic mass is 33.1. The fourth-order valence-electron chi connectivity index (χ4n) is 1.79. The molecule has 3 N–H and O–H groups in total. The highest BCUT2D eigenvalue weighted by molar-refractivity contribution is 8.76. The van der Waals surface area contributed by atoms with E-state index >= 15 is 0 Å². The molecule has 0 radical (unpaired) electrons. The predicted molar refractivity (Wildman–Crippen MR) is 91.0 cm³/mol. The first-order valence-corrected chi connectivity index (χ1v) is 9.63. The zero-order chi connectivity index (χ0) is 16.2. The molecule has 22 heavy (non-hydrogen) atoms. The number of ether oxygens (including phenoxy) is 2. The zero-order valence-electron chi connectivity index (χ0n) is 12.8. The van der Waals surface area contributed by atoms with Crippen LogP contribution in [-0.4, -0.2) is 41.7 Å². The summed E-state index contributed by atoms with van der Waals surface area (Å²) in [4.78, 5) is 11.7. The first-order chi connectivity index (χ1) is 10.7. The Bertz CT molecular complexity index is 412. The molecule has 124 valence electrons. The fraction of sp³-hybridized carbons (Fsp3) is 0.533. The number of nitrogens with two attached hydrogens (primary N) is 1. The Labute approximate surface area is 139 Å². The predicted octanol–water partition coefficient (Wildman–Crippen LogP) is 1.58. The summed E-state index contributed by atoms with van der Waals surface area (Å²) >= 11 is 0. The standard InChI is InChI=1S/C15H23NO4S2/c1-3-9-21-22-11-19-15(18)12(2)5-4-8-16-14-7-6-13(10-17)20-14/h3-5,8,13-14,16-17H,1,6-7,9-11H2,2H3/p+1/b8-4-,12-5+. The number of hydrogen-bond donors (Lipinski definition) is 2. The molecule has 0 aromatic rings. The van der Waals surface area contributed by atoms with Crippen LogP contribution in [0.5, 0.6) is 0 Å². The van der Waals surface area contributed by atoms with E-state index < -0.39 is 0 Å². The number of allylic oxidation sites excluding steroid dienone is 2. The lowest BCUT2D eigenvalue weighted by atomic mass is 10.2. The van der Waals surface area contributed by atoms with Gasteiger partial charge in [-0.1, -0.05) is 27.7 Å². The third-order valence-corrected chi connectivity index (χ3v) is 4.91. The minimum Gasteiger partial charge on any atom is -0.450 e. The first-order valence-electron chi connectivity index (χ1n) is 7.14. The SMILES string of the molecule is C=CCSSCOC(=O)/C(C)=C/C=C\[NH2+]C1CCC(CO)O1. The lowest BCUT2D eigenvalue weighted by molar-refractivity contribution is -0.667. The van der Waals surface area contributed by atoms with Crippen molar-refractivity contribution in [3.63, 3.8) is 0 Å². The maximum atomic E-state index is 11.7. The monoisotopic (exact) mass is 346 g/mol. The van der Waals surface area contributed by atoms with E-state index in [2.05, 4.69) is 6.58 Å². The first kappa shape index (κ1) is 19.3. The molecule has 1 rings (SSSR count). The Balaban J connectivity index is 2.19. The summed E-state index contributed by atoms with van der Waals surface area (Å²) in [6.45, 7) is 5.41. The van der Waals surface area contributed by atoms with Crippen LogP contribution >= 0.6 is 21.6 Å². The number of rotatable bonds is 10. The summed E-state index contributed by atoms with van der Waals surface area (Å²) in [5.41, 5.74) is 0.555. The van der Waals surface area contributed by atoms with E-state index in [9.17, 15) is 4.79 Å². The molecule has 0 aromatic carbocycles. The van der Waals surface area contributed by atoms with Gasteiger partial charge in [-0.3, -0.25) is 5.32 Å². The Hall–Kier alpha value is -0.730. The second-order valence-electron chi connectivity index (χ2n) is 4.72. The van der Waals surface area contributed by atoms with Gasteiger partial charge in [0.2, 0.25) is 0 Å². The summed E-state index contributed by atoms with van der Waals surface area (Å²) in [7, 11) is 3.08. The molecule has 7 heteroatoms. The number of aliphatic hydroxyl groups is 1. The highest BCUT2D eigenvalue weighted by Gasteiger charge is 2.26. The summed E-state index contributed by atoms with van der Waals surface area (Å²) in [5.74, 6) is 0.848. The minimum atomic E-state index is -0.311. The molecule has 2 unspecified atom stereocenters. The molecule has 1 saturated heterocycles. The lowest BCUT2D eigenvalue weighted by Crippen LogP contribution is -2.84. The van der Waals surface area contributed by atoms with E-state index in [0.717, 1.165) is 18.6 Å². The van der Waals surface area contributed by atoms with E-state index in [4.69, 9.17) is 14.6 Å². The molecule has 0 spiro atoms. The summed E-state index contributed by atoms with van der Waals surface area (Å²) in [5, 5.41) is 10.9. The average molecular weight is 346 g/mol. The summed E-state index contributed by atoms with van der Waals surface area (Å²) in [6, 6.07) is 0. The van der Waals surface area contributed by atoms with E-state index in [1.807, 2.05) is 17.6 Å². The van der Waals surface area contributed by atoms with Crippen molar-refractivity contribution in [2.45, 2.75) is 32.1 Å². The van der Waals surface area contributed by atoms with Gasteiger partial charge in [-0.05, 0) is 25.5 Å². The number of esters is 1. The van der Waals surface area contributed by atoms with Crippen LogP contribution in [0, 0.1) is 0 Å². The van der Waals surface area contributed by atoms with E-state index in [0.29, 0.717) is 11.5 Å². The van der Waals surface area contributed by atoms with Crippen molar-refractivity contribution in [2.75, 3.05) is 18.3 Å². The van der Waals surface area contributed by atoms with Crippen molar-refractivity contribution in [2.24, 2.45) is 0 Å². The molecule has 1 heterocycles. The van der Waals surface area contributed by atoms with Gasteiger partial charge in [0.15, 0.2) is 6.23 Å². The number of carbonyl (C=O) groups is 1. The molecule has 5 nitrogen and oxygen atoms in total. The molecule has 1 aliphatic rings. The normalized spacial score (nSPS) is 22.2. The fourth-order valence-corrected chi connectivity index (χ4v) is 3.13. The number of quaternary nitrogens is 1. The second kappa shape index (κ2) is 11.8. The van der Waals surface area contributed by atoms with Crippen LogP contribution in [0.15, 0.2) is 36.6 Å². The molecule has 0 amide bonds. The smallest absolute Gasteiger partial charge is 0.334 e. The molecule has 0 aromatic heterocycles. The van der Waals surface area contributed by atoms with E-state index in [1.165, 1.54) is 10.8 Å². The van der Waals surface area contributed by atoms with Gasteiger partial charge in [0.25, 0.3) is 0 Å². The van der Waals surface area contributed by atoms with Gasteiger partial charge >= 0.3 is 5.97 Å². The van der Waals surface area contributed by atoms with Crippen LogP contribution in [0.2, 0.25) is 0 Å². The van der Waals surface area contributed by atoms with Crippen molar-refractivity contribution < 1.29 is 24.7 Å². The topological polar surface area (TPSA) is 72.4 Å². The minimum absolute atomic E-state index is 0.0432. The van der Waals surface area contributed by atoms with Crippen LogP contribution in [0.1, 0.15) is 19.8 Å². The lowest BCUT2D eigenvalue weighted by Gasteiger charge is -2.07. The van der Waals surface area contributed by atoms with Crippen LogP contribution in [0.4, 0.5) is 0 Å². The molecule has 1 fully saturated rings. The third kappa shape index (κ3) is 8.05. The van der Waals surface area contributed by atoms with Gasteiger partial charge in [0.05, 0.1) is 18.9 Å². The molecule has 1 aliphatic heterocycles. The van der Waals surface area contributed by atoms with E-state index in [-0.39, 0.29) is 24.9 Å². The number of aliphatic hydroxyl groups excluding tert-OH is 1. The van der Waals surface area contributed by atoms with Crippen LogP contribution < -0.4 is 5.32 Å². The molecular weight excluding hydrogens is 322 g/mol. The van der Waals surface area contributed by atoms with E-state index in [1.54, 1.807) is 29.9 Å². The Kier molecular flexibility index (Phi) is 10.3. The van der Waals surface area contributed by atoms with Crippen LogP contribution in [-0.2, 0) is 14.3 Å². The van der Waals surface area contributed by atoms with Crippen molar-refractivity contribution in [3.8, 4) is 0 Å². The van der Waals surface area contributed by atoms with Gasteiger partial charge in [-0.2, -0.15) is 0 Å². The van der Waals surface area contributed by atoms with Gasteiger partial charge in [-0.25, -0.2) is 4.79 Å². The Morgan fingerprint density at radius 2 is 2.32 bits per heavy atom. The van der Waals surface area contributed by atoms with Gasteiger partial charge in [-0.15, -0.1) is 6.58 Å². The molecule has 0 saturated carbocycles. The maximum absolute atomic E-state index is 11.7.